The van der Waals surface area contributed by atoms with E-state index >= 15 is 0 Å². The van der Waals surface area contributed by atoms with Crippen molar-refractivity contribution >= 4 is 5.57 Å². The van der Waals surface area contributed by atoms with E-state index in [1.165, 1.54) is 16.7 Å². The van der Waals surface area contributed by atoms with Crippen LogP contribution in [0.5, 0.6) is 0 Å². The van der Waals surface area contributed by atoms with Gasteiger partial charge in [0.25, 0.3) is 0 Å². The predicted molar refractivity (Wildman–Crippen MR) is 59.9 cm³/mol. The first kappa shape index (κ1) is 10.0. The highest BCUT2D eigenvalue weighted by atomic mass is 14.1. The van der Waals surface area contributed by atoms with Crippen molar-refractivity contribution in [3.8, 4) is 0 Å². The van der Waals surface area contributed by atoms with Crippen molar-refractivity contribution in [1.29, 1.82) is 0 Å². The fourth-order valence-electron chi connectivity index (χ4n) is 1.32. The molecule has 0 atom stereocenters. The fourth-order valence-corrected chi connectivity index (χ4v) is 1.32. The third-order valence-electron chi connectivity index (χ3n) is 2.39. The molecule has 13 heavy (non-hydrogen) atoms. The van der Waals surface area contributed by atoms with E-state index in [2.05, 4.69) is 51.6 Å². The van der Waals surface area contributed by atoms with Crippen LogP contribution < -0.4 is 0 Å². The van der Waals surface area contributed by atoms with Crippen molar-refractivity contribution in [3.63, 3.8) is 0 Å². The van der Waals surface area contributed by atoms with Gasteiger partial charge in [0, 0.05) is 0 Å². The zero-order valence-corrected chi connectivity index (χ0v) is 8.80. The lowest BCUT2D eigenvalue weighted by Crippen LogP contribution is -1.89. The van der Waals surface area contributed by atoms with Gasteiger partial charge in [-0.15, -0.1) is 0 Å². The summed E-state index contributed by atoms with van der Waals surface area (Å²) in [6, 6.07) is 8.68. The topological polar surface area (TPSA) is 0 Å². The highest BCUT2D eigenvalue weighted by Crippen LogP contribution is 2.21. The van der Waals surface area contributed by atoms with Gasteiger partial charge in [-0.3, -0.25) is 0 Å². The molecule has 0 aromatic heterocycles. The second kappa shape index (κ2) is 4.27. The summed E-state index contributed by atoms with van der Waals surface area (Å²) < 4.78 is 0. The highest BCUT2D eigenvalue weighted by Gasteiger charge is 2.01. The molecule has 0 bridgehead atoms. The third kappa shape index (κ3) is 2.45. The molecule has 0 aliphatic rings. The van der Waals surface area contributed by atoms with Crippen LogP contribution in [0.1, 0.15) is 44.2 Å². The molecule has 0 heterocycles. The van der Waals surface area contributed by atoms with Crippen LogP contribution in [0.2, 0.25) is 0 Å². The first-order valence-electron chi connectivity index (χ1n) is 4.93. The van der Waals surface area contributed by atoms with Crippen molar-refractivity contribution < 1.29 is 0 Å². The Morgan fingerprint density at radius 2 is 2.08 bits per heavy atom. The van der Waals surface area contributed by atoms with Gasteiger partial charge in [-0.25, -0.2) is 0 Å². The Kier molecular flexibility index (Phi) is 3.30. The van der Waals surface area contributed by atoms with Crippen molar-refractivity contribution in [3.05, 3.63) is 42.0 Å². The van der Waals surface area contributed by atoms with Crippen molar-refractivity contribution in [2.24, 2.45) is 0 Å². The van der Waals surface area contributed by atoms with E-state index in [0.717, 1.165) is 6.42 Å². The molecule has 0 aliphatic carbocycles. The minimum Gasteiger partial charge on any atom is -0.0952 e. The smallest absolute Gasteiger partial charge is 0.0219 e. The van der Waals surface area contributed by atoms with Crippen LogP contribution in [0.4, 0.5) is 0 Å². The SMILES string of the molecule is C=C(CC)c1cccc(C(C)C)c1. The van der Waals surface area contributed by atoms with Crippen LogP contribution in [0.3, 0.4) is 0 Å². The Balaban J connectivity index is 2.98. The van der Waals surface area contributed by atoms with Crippen LogP contribution >= 0.6 is 0 Å². The molecule has 0 nitrogen and oxygen atoms in total. The van der Waals surface area contributed by atoms with Crippen molar-refractivity contribution in [2.75, 3.05) is 0 Å². The molecule has 1 aromatic carbocycles. The lowest BCUT2D eigenvalue weighted by Gasteiger charge is -2.08. The second-order valence-corrected chi connectivity index (χ2v) is 3.74. The van der Waals surface area contributed by atoms with Gasteiger partial charge >= 0.3 is 0 Å². The summed E-state index contributed by atoms with van der Waals surface area (Å²) in [5.74, 6) is 0.601. The molecule has 0 N–H and O–H groups in total. The molecular weight excluding hydrogens is 156 g/mol. The number of rotatable bonds is 3. The van der Waals surface area contributed by atoms with Gasteiger partial charge in [0.1, 0.15) is 0 Å². The Labute approximate surface area is 81.3 Å². The van der Waals surface area contributed by atoms with E-state index in [-0.39, 0.29) is 0 Å². The minimum atomic E-state index is 0.601. The van der Waals surface area contributed by atoms with E-state index in [0.29, 0.717) is 5.92 Å². The zero-order valence-electron chi connectivity index (χ0n) is 8.80. The molecule has 0 unspecified atom stereocenters. The molecule has 0 fully saturated rings. The molecule has 1 rings (SSSR count). The Bertz CT molecular complexity index is 295. The van der Waals surface area contributed by atoms with Gasteiger partial charge in [0.2, 0.25) is 0 Å². The number of hydrogen-bond acceptors (Lipinski definition) is 0. The van der Waals surface area contributed by atoms with Crippen LogP contribution in [0.15, 0.2) is 30.8 Å². The molecule has 70 valence electrons. The van der Waals surface area contributed by atoms with E-state index in [1.54, 1.807) is 0 Å². The van der Waals surface area contributed by atoms with Crippen LogP contribution in [-0.2, 0) is 0 Å². The molecule has 0 saturated heterocycles. The summed E-state index contributed by atoms with van der Waals surface area (Å²) in [5.41, 5.74) is 3.91. The van der Waals surface area contributed by atoms with Gasteiger partial charge < -0.3 is 0 Å². The summed E-state index contributed by atoms with van der Waals surface area (Å²) in [7, 11) is 0. The fraction of sp³-hybridized carbons (Fsp3) is 0.385. The molecule has 0 saturated carbocycles. The number of hydrogen-bond donors (Lipinski definition) is 0. The van der Waals surface area contributed by atoms with Crippen LogP contribution in [0, 0.1) is 0 Å². The molecule has 0 aliphatic heterocycles. The third-order valence-corrected chi connectivity index (χ3v) is 2.39. The summed E-state index contributed by atoms with van der Waals surface area (Å²) in [6.07, 6.45) is 1.03. The first-order chi connectivity index (χ1) is 6.15. The number of allylic oxidation sites excluding steroid dienone is 1. The van der Waals surface area contributed by atoms with Gasteiger partial charge in [0.05, 0.1) is 0 Å². The Morgan fingerprint density at radius 1 is 1.38 bits per heavy atom. The average molecular weight is 174 g/mol. The summed E-state index contributed by atoms with van der Waals surface area (Å²) in [5, 5.41) is 0. The molecule has 0 amide bonds. The molecule has 0 spiro atoms. The normalized spacial score (nSPS) is 10.5. The largest absolute Gasteiger partial charge is 0.0952 e. The maximum absolute atomic E-state index is 4.04. The first-order valence-corrected chi connectivity index (χ1v) is 4.93. The highest BCUT2D eigenvalue weighted by molar-refractivity contribution is 5.63. The molecular formula is C13H18. The molecule has 0 heteroatoms. The van der Waals surface area contributed by atoms with Gasteiger partial charge in [-0.2, -0.15) is 0 Å². The lowest BCUT2D eigenvalue weighted by atomic mass is 9.97. The quantitative estimate of drug-likeness (QED) is 0.643. The zero-order chi connectivity index (χ0) is 9.84. The Hall–Kier alpha value is -1.04. The van der Waals surface area contributed by atoms with Crippen LogP contribution in [-0.4, -0.2) is 0 Å². The molecule has 1 aromatic rings. The second-order valence-electron chi connectivity index (χ2n) is 3.74. The maximum Gasteiger partial charge on any atom is -0.0219 e. The Morgan fingerprint density at radius 3 is 2.62 bits per heavy atom. The number of benzene rings is 1. The summed E-state index contributed by atoms with van der Waals surface area (Å²) in [6.45, 7) is 10.6. The predicted octanol–water partition coefficient (Wildman–Crippen LogP) is 4.23. The van der Waals surface area contributed by atoms with Crippen LogP contribution in [0.25, 0.3) is 5.57 Å². The van der Waals surface area contributed by atoms with Gasteiger partial charge in [-0.05, 0) is 29.0 Å². The average Bonchev–Trinajstić information content (AvgIpc) is 2.17. The standard InChI is InChI=1S/C13H18/c1-5-11(4)13-8-6-7-12(9-13)10(2)3/h6-10H,4-5H2,1-3H3. The van der Waals surface area contributed by atoms with Crippen molar-refractivity contribution in [2.45, 2.75) is 33.1 Å². The monoisotopic (exact) mass is 174 g/mol. The van der Waals surface area contributed by atoms with Gasteiger partial charge in [-0.1, -0.05) is 51.6 Å². The van der Waals surface area contributed by atoms with Gasteiger partial charge in [0.15, 0.2) is 0 Å². The lowest BCUT2D eigenvalue weighted by molar-refractivity contribution is 0.866. The summed E-state index contributed by atoms with van der Waals surface area (Å²) >= 11 is 0. The van der Waals surface area contributed by atoms with E-state index in [1.807, 2.05) is 0 Å². The van der Waals surface area contributed by atoms with E-state index in [4.69, 9.17) is 0 Å². The van der Waals surface area contributed by atoms with Crippen molar-refractivity contribution in [1.82, 2.24) is 0 Å². The maximum atomic E-state index is 4.04. The van der Waals surface area contributed by atoms with E-state index < -0.39 is 0 Å². The molecule has 0 radical (unpaired) electrons. The minimum absolute atomic E-state index is 0.601. The summed E-state index contributed by atoms with van der Waals surface area (Å²) in [4.78, 5) is 0. The van der Waals surface area contributed by atoms with E-state index in [9.17, 15) is 0 Å².